The summed E-state index contributed by atoms with van der Waals surface area (Å²) in [6.07, 6.45) is 3.66. The fourth-order valence-electron chi connectivity index (χ4n) is 5.55. The van der Waals surface area contributed by atoms with Crippen LogP contribution in [-0.4, -0.2) is 77.5 Å². The number of nitrogens with one attached hydrogen (secondary N) is 1. The predicted octanol–water partition coefficient (Wildman–Crippen LogP) is 5.66. The van der Waals surface area contributed by atoms with Crippen molar-refractivity contribution in [1.82, 2.24) is 5.32 Å². The first-order valence-electron chi connectivity index (χ1n) is 16.3. The van der Waals surface area contributed by atoms with Crippen LogP contribution in [0.5, 0.6) is 0 Å². The Labute approximate surface area is 294 Å². The fraction of sp³-hybridized carbons (Fsp3) is 0.324. The first-order chi connectivity index (χ1) is 24.4. The molecular weight excluding hydrogens is 683 g/mol. The van der Waals surface area contributed by atoms with Gasteiger partial charge in [0.25, 0.3) is 5.91 Å². The van der Waals surface area contributed by atoms with Crippen LogP contribution in [0.1, 0.15) is 57.5 Å². The summed E-state index contributed by atoms with van der Waals surface area (Å²) >= 11 is 0. The molecule has 0 bridgehead atoms. The second-order valence-electron chi connectivity index (χ2n) is 11.9. The minimum absolute atomic E-state index is 0.00814. The number of anilines is 1. The highest BCUT2D eigenvalue weighted by Crippen LogP contribution is 2.48. The molecule has 0 spiro atoms. The topological polar surface area (TPSA) is 162 Å². The van der Waals surface area contributed by atoms with Gasteiger partial charge in [0.05, 0.1) is 57.1 Å². The highest BCUT2D eigenvalue weighted by atomic mass is 32.2. The quantitative estimate of drug-likeness (QED) is 0.0457. The lowest BCUT2D eigenvalue weighted by molar-refractivity contribution is -0.141. The lowest BCUT2D eigenvalue weighted by atomic mass is 10.0. The molecule has 1 saturated carbocycles. The number of aliphatic hydroxyl groups excluding tert-OH is 1. The third kappa shape index (κ3) is 9.20. The van der Waals surface area contributed by atoms with Crippen molar-refractivity contribution < 1.29 is 50.9 Å². The van der Waals surface area contributed by atoms with Gasteiger partial charge in [-0.25, -0.2) is 17.6 Å². The summed E-state index contributed by atoms with van der Waals surface area (Å²) < 4.78 is 63.4. The number of aliphatic hydroxyl groups is 1. The summed E-state index contributed by atoms with van der Waals surface area (Å²) in [4.78, 5) is 37.1. The molecule has 0 atom stereocenters. The van der Waals surface area contributed by atoms with Gasteiger partial charge in [-0.2, -0.15) is 0 Å². The van der Waals surface area contributed by atoms with Crippen molar-refractivity contribution in [3.8, 4) is 11.3 Å². The Kier molecular flexibility index (Phi) is 11.9. The maximum atomic E-state index is 13.7. The van der Waals surface area contributed by atoms with E-state index in [9.17, 15) is 32.3 Å². The number of halogens is 1. The molecule has 5 rings (SSSR count). The zero-order chi connectivity index (χ0) is 36.7. The number of hydrogen-bond acceptors (Lipinski definition) is 10. The van der Waals surface area contributed by atoms with Gasteiger partial charge in [-0.15, -0.1) is 0 Å². The van der Waals surface area contributed by atoms with Crippen LogP contribution in [-0.2, 0) is 35.6 Å². The number of carbonyl (C=O) groups is 3. The average Bonchev–Trinajstić information content (AvgIpc) is 3.88. The molecule has 1 fully saturated rings. The molecule has 0 unspecified atom stereocenters. The Bertz CT molecular complexity index is 2050. The van der Waals surface area contributed by atoms with Gasteiger partial charge in [-0.05, 0) is 73.2 Å². The van der Waals surface area contributed by atoms with Crippen LogP contribution in [0.25, 0.3) is 22.3 Å². The van der Waals surface area contributed by atoms with E-state index in [1.54, 1.807) is 37.3 Å². The second kappa shape index (κ2) is 16.3. The summed E-state index contributed by atoms with van der Waals surface area (Å²) in [6, 6.07) is 15.6. The van der Waals surface area contributed by atoms with Crippen molar-refractivity contribution in [2.75, 3.05) is 50.6 Å². The molecule has 0 saturated heterocycles. The maximum Gasteiger partial charge on any atom is 0.373 e. The van der Waals surface area contributed by atoms with Crippen LogP contribution in [0, 0.1) is 5.82 Å². The average molecular weight is 723 g/mol. The van der Waals surface area contributed by atoms with Gasteiger partial charge in [-0.1, -0.05) is 18.2 Å². The van der Waals surface area contributed by atoms with E-state index >= 15 is 0 Å². The number of fused-ring (bicyclic) bond motifs is 1. The second-order valence-corrected chi connectivity index (χ2v) is 13.8. The molecule has 1 aromatic heterocycles. The molecule has 1 aliphatic rings. The number of ether oxygens (including phenoxy) is 3. The first-order valence-corrected chi connectivity index (χ1v) is 18.2. The van der Waals surface area contributed by atoms with E-state index in [-0.39, 0.29) is 68.3 Å². The zero-order valence-electron chi connectivity index (χ0n) is 28.4. The number of esters is 1. The van der Waals surface area contributed by atoms with Crippen molar-refractivity contribution in [3.05, 3.63) is 101 Å². The molecule has 1 aliphatic carbocycles. The molecule has 3 aromatic carbocycles. The number of ketones is 1. The molecule has 0 radical (unpaired) electrons. The fourth-order valence-corrected chi connectivity index (χ4v) is 6.47. The molecule has 12 nitrogen and oxygen atoms in total. The Morgan fingerprint density at radius 2 is 1.76 bits per heavy atom. The third-order valence-electron chi connectivity index (χ3n) is 8.13. The minimum atomic E-state index is -3.77. The van der Waals surface area contributed by atoms with Crippen molar-refractivity contribution in [2.45, 2.75) is 32.3 Å². The Morgan fingerprint density at radius 3 is 2.43 bits per heavy atom. The molecule has 4 aromatic rings. The number of allylic oxidation sites excluding steroid dienone is 1. The Balaban J connectivity index is 1.24. The van der Waals surface area contributed by atoms with Crippen LogP contribution in [0.15, 0.2) is 76.9 Å². The number of benzene rings is 3. The zero-order valence-corrected chi connectivity index (χ0v) is 29.3. The van der Waals surface area contributed by atoms with Gasteiger partial charge in [-0.3, -0.25) is 13.9 Å². The van der Waals surface area contributed by atoms with Gasteiger partial charge < -0.3 is 29.1 Å². The molecule has 0 aliphatic heterocycles. The Hall–Kier alpha value is -5.05. The van der Waals surface area contributed by atoms with E-state index in [1.807, 2.05) is 6.07 Å². The number of sulfonamides is 1. The normalized spacial score (nSPS) is 13.3. The monoisotopic (exact) mass is 722 g/mol. The highest BCUT2D eigenvalue weighted by molar-refractivity contribution is 7.92. The van der Waals surface area contributed by atoms with E-state index in [0.717, 1.165) is 30.7 Å². The number of rotatable bonds is 17. The van der Waals surface area contributed by atoms with Gasteiger partial charge in [0.1, 0.15) is 17.2 Å². The van der Waals surface area contributed by atoms with E-state index in [1.165, 1.54) is 35.6 Å². The van der Waals surface area contributed by atoms with Gasteiger partial charge in [0.15, 0.2) is 5.78 Å². The van der Waals surface area contributed by atoms with Crippen LogP contribution < -0.4 is 9.62 Å². The smallest absolute Gasteiger partial charge is 0.373 e. The van der Waals surface area contributed by atoms with Crippen LogP contribution >= 0.6 is 0 Å². The predicted molar refractivity (Wildman–Crippen MR) is 188 cm³/mol. The molecule has 1 heterocycles. The summed E-state index contributed by atoms with van der Waals surface area (Å²) in [5.74, 6) is -2.80. The maximum absolute atomic E-state index is 13.7. The number of amides is 1. The van der Waals surface area contributed by atoms with Crippen LogP contribution in [0.3, 0.4) is 0 Å². The van der Waals surface area contributed by atoms with E-state index in [0.29, 0.717) is 27.8 Å². The molecular formula is C37H39FN2O10S. The standard InChI is InChI=1S/C37H39FN2O10S/c1-4-49-37(44)32(42)21-31(41)26-7-5-6-23(18-26)22-48-17-16-47-15-14-40(51(3,45)46)30-20-33-29(19-28(30)24-8-9-24)34(36(43)39-2)35(50-33)25-10-12-27(38)13-11-25/h5-7,10-13,18-21,24,42H,4,8-9,14-17,22H2,1-3H3,(H,39,43). The summed E-state index contributed by atoms with van der Waals surface area (Å²) in [5.41, 5.74) is 3.24. The lowest BCUT2D eigenvalue weighted by Gasteiger charge is -2.25. The number of furan rings is 1. The molecule has 2 N–H and O–H groups in total. The van der Waals surface area contributed by atoms with Crippen molar-refractivity contribution in [1.29, 1.82) is 0 Å². The SMILES string of the molecule is CCOC(=O)C(O)=CC(=O)c1cccc(COCCOCCN(c2cc3oc(-c4ccc(F)cc4)c(C(=O)NC)c3cc2C2CC2)S(C)(=O)=O)c1. The van der Waals surface area contributed by atoms with Crippen molar-refractivity contribution in [3.63, 3.8) is 0 Å². The summed E-state index contributed by atoms with van der Waals surface area (Å²) in [6.45, 7) is 2.20. The molecule has 270 valence electrons. The summed E-state index contributed by atoms with van der Waals surface area (Å²) in [5, 5.41) is 12.9. The lowest BCUT2D eigenvalue weighted by Crippen LogP contribution is -2.34. The number of carbonyl (C=O) groups excluding carboxylic acids is 3. The number of hydrogen-bond donors (Lipinski definition) is 2. The summed E-state index contributed by atoms with van der Waals surface area (Å²) in [7, 11) is -2.26. The molecule has 1 amide bonds. The van der Waals surface area contributed by atoms with E-state index < -0.39 is 33.4 Å². The Morgan fingerprint density at radius 1 is 1.04 bits per heavy atom. The first kappa shape index (κ1) is 37.2. The highest BCUT2D eigenvalue weighted by Gasteiger charge is 2.33. The molecule has 51 heavy (non-hydrogen) atoms. The van der Waals surface area contributed by atoms with Crippen LogP contribution in [0.2, 0.25) is 0 Å². The third-order valence-corrected chi connectivity index (χ3v) is 9.31. The van der Waals surface area contributed by atoms with Crippen LogP contribution in [0.4, 0.5) is 10.1 Å². The van der Waals surface area contributed by atoms with Gasteiger partial charge >= 0.3 is 5.97 Å². The van der Waals surface area contributed by atoms with Gasteiger partial charge in [0.2, 0.25) is 15.8 Å². The minimum Gasteiger partial charge on any atom is -0.502 e. The van der Waals surface area contributed by atoms with Crippen molar-refractivity contribution >= 4 is 44.3 Å². The largest absolute Gasteiger partial charge is 0.502 e. The van der Waals surface area contributed by atoms with Crippen molar-refractivity contribution in [2.24, 2.45) is 0 Å². The van der Waals surface area contributed by atoms with E-state index in [4.69, 9.17) is 13.9 Å². The number of nitrogens with zero attached hydrogens (tertiary/aromatic N) is 1. The van der Waals surface area contributed by atoms with E-state index in [2.05, 4.69) is 10.1 Å². The molecule has 14 heteroatoms. The van der Waals surface area contributed by atoms with Gasteiger partial charge in [0, 0.05) is 35.7 Å².